The van der Waals surface area contributed by atoms with E-state index in [1.54, 1.807) is 19.2 Å². The van der Waals surface area contributed by atoms with Crippen molar-refractivity contribution in [2.45, 2.75) is 31.7 Å². The molecule has 118 valence electrons. The summed E-state index contributed by atoms with van der Waals surface area (Å²) in [4.78, 5) is 13.8. The van der Waals surface area contributed by atoms with Gasteiger partial charge < -0.3 is 15.0 Å². The average Bonchev–Trinajstić information content (AvgIpc) is 2.50. The molecule has 0 amide bonds. The second-order valence-corrected chi connectivity index (χ2v) is 5.43. The molecule has 0 aliphatic carbocycles. The van der Waals surface area contributed by atoms with Crippen molar-refractivity contribution in [3.05, 3.63) is 30.1 Å². The van der Waals surface area contributed by atoms with E-state index in [2.05, 4.69) is 10.2 Å². The molecule has 0 spiro atoms. The zero-order valence-corrected chi connectivity index (χ0v) is 13.3. The Morgan fingerprint density at radius 3 is 2.48 bits per heavy atom. The molecule has 1 unspecified atom stereocenters. The van der Waals surface area contributed by atoms with Crippen molar-refractivity contribution < 1.29 is 13.9 Å². The maximum Gasteiger partial charge on any atom is 0.325 e. The number of unbranched alkanes of at least 4 members (excludes halogenated alkanes) is 1. The number of anilines is 1. The minimum atomic E-state index is -0.636. The molecule has 1 aromatic carbocycles. The highest BCUT2D eigenvalue weighted by Gasteiger charge is 2.31. The molecule has 0 radical (unpaired) electrons. The maximum absolute atomic E-state index is 12.9. The fourth-order valence-electron chi connectivity index (χ4n) is 2.21. The van der Waals surface area contributed by atoms with Crippen molar-refractivity contribution in [2.75, 3.05) is 32.6 Å². The highest BCUT2D eigenvalue weighted by Crippen LogP contribution is 2.17. The van der Waals surface area contributed by atoms with Crippen LogP contribution in [0.3, 0.4) is 0 Å². The SMILES string of the molecule is CNC(C)(CCCCN(C)c1ccc(F)cc1)C(=O)OC. The topological polar surface area (TPSA) is 41.6 Å². The number of halogens is 1. The van der Waals surface area contributed by atoms with Crippen molar-refractivity contribution >= 4 is 11.7 Å². The highest BCUT2D eigenvalue weighted by molar-refractivity contribution is 5.80. The number of likely N-dealkylation sites (N-methyl/N-ethyl adjacent to an activating group) is 1. The van der Waals surface area contributed by atoms with Gasteiger partial charge in [-0.2, -0.15) is 0 Å². The lowest BCUT2D eigenvalue weighted by molar-refractivity contribution is -0.148. The number of methoxy groups -OCH3 is 1. The molecule has 0 fully saturated rings. The molecular formula is C16H25FN2O2. The van der Waals surface area contributed by atoms with Crippen molar-refractivity contribution in [3.8, 4) is 0 Å². The minimum Gasteiger partial charge on any atom is -0.468 e. The van der Waals surface area contributed by atoms with E-state index in [9.17, 15) is 9.18 Å². The summed E-state index contributed by atoms with van der Waals surface area (Å²) >= 11 is 0. The summed E-state index contributed by atoms with van der Waals surface area (Å²) < 4.78 is 17.7. The predicted octanol–water partition coefficient (Wildman–Crippen LogP) is 2.58. The van der Waals surface area contributed by atoms with Gasteiger partial charge in [0.1, 0.15) is 11.4 Å². The van der Waals surface area contributed by atoms with Gasteiger partial charge in [0.2, 0.25) is 0 Å². The Bertz CT molecular complexity index is 450. The molecule has 1 aromatic rings. The van der Waals surface area contributed by atoms with Gasteiger partial charge in [0.05, 0.1) is 7.11 Å². The maximum atomic E-state index is 12.9. The second kappa shape index (κ2) is 7.98. The van der Waals surface area contributed by atoms with Crippen LogP contribution in [0.1, 0.15) is 26.2 Å². The number of nitrogens with one attached hydrogen (secondary N) is 1. The van der Waals surface area contributed by atoms with Crippen LogP contribution in [-0.4, -0.2) is 39.3 Å². The molecule has 0 saturated carbocycles. The lowest BCUT2D eigenvalue weighted by Gasteiger charge is -2.26. The van der Waals surface area contributed by atoms with Crippen molar-refractivity contribution in [1.29, 1.82) is 0 Å². The Morgan fingerprint density at radius 2 is 1.95 bits per heavy atom. The zero-order valence-electron chi connectivity index (χ0n) is 13.3. The summed E-state index contributed by atoms with van der Waals surface area (Å²) in [5, 5.41) is 3.03. The first-order valence-electron chi connectivity index (χ1n) is 7.17. The molecule has 0 saturated heterocycles. The number of hydrogen-bond acceptors (Lipinski definition) is 4. The van der Waals surface area contributed by atoms with Gasteiger partial charge in [-0.15, -0.1) is 0 Å². The number of carbonyl (C=O) groups is 1. The third kappa shape index (κ3) is 5.01. The molecule has 1 rings (SSSR count). The first kappa shape index (κ1) is 17.4. The Morgan fingerprint density at radius 1 is 1.33 bits per heavy atom. The first-order chi connectivity index (χ1) is 9.92. The number of benzene rings is 1. The Labute approximate surface area is 126 Å². The zero-order chi connectivity index (χ0) is 15.9. The molecule has 5 heteroatoms. The quantitative estimate of drug-likeness (QED) is 0.591. The smallest absolute Gasteiger partial charge is 0.325 e. The largest absolute Gasteiger partial charge is 0.468 e. The highest BCUT2D eigenvalue weighted by atomic mass is 19.1. The molecule has 0 aromatic heterocycles. The molecular weight excluding hydrogens is 271 g/mol. The molecule has 0 bridgehead atoms. The van der Waals surface area contributed by atoms with Crippen LogP contribution in [0, 0.1) is 5.82 Å². The van der Waals surface area contributed by atoms with Crippen molar-refractivity contribution in [1.82, 2.24) is 5.32 Å². The van der Waals surface area contributed by atoms with Gasteiger partial charge >= 0.3 is 5.97 Å². The molecule has 0 aliphatic heterocycles. The second-order valence-electron chi connectivity index (χ2n) is 5.43. The van der Waals surface area contributed by atoms with Crippen LogP contribution in [0.4, 0.5) is 10.1 Å². The lowest BCUT2D eigenvalue weighted by Crippen LogP contribution is -2.48. The van der Waals surface area contributed by atoms with E-state index >= 15 is 0 Å². The van der Waals surface area contributed by atoms with E-state index in [4.69, 9.17) is 4.74 Å². The van der Waals surface area contributed by atoms with Crippen LogP contribution < -0.4 is 10.2 Å². The van der Waals surface area contributed by atoms with E-state index in [1.807, 2.05) is 14.0 Å². The predicted molar refractivity (Wildman–Crippen MR) is 83.0 cm³/mol. The number of ether oxygens (including phenoxy) is 1. The number of rotatable bonds is 8. The Kier molecular flexibility index (Phi) is 6.62. The molecule has 21 heavy (non-hydrogen) atoms. The van der Waals surface area contributed by atoms with Gasteiger partial charge in [-0.3, -0.25) is 4.79 Å². The summed E-state index contributed by atoms with van der Waals surface area (Å²) in [7, 11) is 5.15. The van der Waals surface area contributed by atoms with Gasteiger partial charge in [0, 0.05) is 19.3 Å². The average molecular weight is 296 g/mol. The van der Waals surface area contributed by atoms with Crippen LogP contribution in [0.5, 0.6) is 0 Å². The number of hydrogen-bond donors (Lipinski definition) is 1. The van der Waals surface area contributed by atoms with E-state index in [1.165, 1.54) is 19.2 Å². The van der Waals surface area contributed by atoms with E-state index in [0.717, 1.165) is 25.1 Å². The molecule has 4 nitrogen and oxygen atoms in total. The first-order valence-corrected chi connectivity index (χ1v) is 7.17. The molecule has 0 aliphatic rings. The number of esters is 1. The van der Waals surface area contributed by atoms with Crippen molar-refractivity contribution in [2.24, 2.45) is 0 Å². The number of carbonyl (C=O) groups excluding carboxylic acids is 1. The standard InChI is InChI=1S/C16H25FN2O2/c1-16(18-2,15(20)21-4)11-5-6-12-19(3)14-9-7-13(17)8-10-14/h7-10,18H,5-6,11-12H2,1-4H3. The van der Waals surface area contributed by atoms with E-state index in [-0.39, 0.29) is 11.8 Å². The number of nitrogens with zero attached hydrogens (tertiary/aromatic N) is 1. The summed E-state index contributed by atoms with van der Waals surface area (Å²) in [5.74, 6) is -0.466. The summed E-state index contributed by atoms with van der Waals surface area (Å²) in [6.45, 7) is 2.70. The Balaban J connectivity index is 2.39. The van der Waals surface area contributed by atoms with E-state index < -0.39 is 5.54 Å². The van der Waals surface area contributed by atoms with Gasteiger partial charge in [-0.25, -0.2) is 4.39 Å². The summed E-state index contributed by atoms with van der Waals surface area (Å²) in [5.41, 5.74) is 0.351. The fraction of sp³-hybridized carbons (Fsp3) is 0.562. The molecule has 1 N–H and O–H groups in total. The molecule has 1 atom stereocenters. The van der Waals surface area contributed by atoms with Gasteiger partial charge in [-0.1, -0.05) is 0 Å². The van der Waals surface area contributed by atoms with Crippen molar-refractivity contribution in [3.63, 3.8) is 0 Å². The summed E-state index contributed by atoms with van der Waals surface area (Å²) in [6, 6.07) is 6.45. The normalized spacial score (nSPS) is 13.6. The van der Waals surface area contributed by atoms with Gasteiger partial charge in [-0.05, 0) is 57.5 Å². The monoisotopic (exact) mass is 296 g/mol. The third-order valence-corrected chi connectivity index (χ3v) is 3.88. The Hall–Kier alpha value is -1.62. The van der Waals surface area contributed by atoms with Crippen LogP contribution in [-0.2, 0) is 9.53 Å². The minimum absolute atomic E-state index is 0.227. The fourth-order valence-corrected chi connectivity index (χ4v) is 2.21. The van der Waals surface area contributed by atoms with Gasteiger partial charge in [0.15, 0.2) is 0 Å². The van der Waals surface area contributed by atoms with Crippen LogP contribution in [0.15, 0.2) is 24.3 Å². The van der Waals surface area contributed by atoms with Crippen LogP contribution >= 0.6 is 0 Å². The summed E-state index contributed by atoms with van der Waals surface area (Å²) in [6.07, 6.45) is 2.56. The van der Waals surface area contributed by atoms with Crippen LogP contribution in [0.25, 0.3) is 0 Å². The van der Waals surface area contributed by atoms with E-state index in [0.29, 0.717) is 6.42 Å². The molecule has 0 heterocycles. The lowest BCUT2D eigenvalue weighted by atomic mass is 9.95. The van der Waals surface area contributed by atoms with Gasteiger partial charge in [0.25, 0.3) is 0 Å². The third-order valence-electron chi connectivity index (χ3n) is 3.88. The van der Waals surface area contributed by atoms with Crippen LogP contribution in [0.2, 0.25) is 0 Å².